The molecule has 0 aliphatic rings. The number of nitrogens with zero attached hydrogens (tertiary/aromatic N) is 2. The first kappa shape index (κ1) is 14.5. The zero-order valence-corrected chi connectivity index (χ0v) is 11.9. The molecule has 17 heavy (non-hydrogen) atoms. The molecular weight excluding hydrogens is 234 g/mol. The van der Waals surface area contributed by atoms with Crippen molar-refractivity contribution >= 4 is 11.8 Å². The number of nitrogens with one attached hydrogen (secondary N) is 1. The van der Waals surface area contributed by atoms with E-state index in [1.165, 1.54) is 0 Å². The van der Waals surface area contributed by atoms with Gasteiger partial charge in [0.2, 0.25) is 0 Å². The van der Waals surface area contributed by atoms with E-state index in [-0.39, 0.29) is 0 Å². The highest BCUT2D eigenvalue weighted by Crippen LogP contribution is 2.09. The number of hydrogen-bond acceptors (Lipinski definition) is 4. The van der Waals surface area contributed by atoms with Crippen LogP contribution in [0, 0.1) is 0 Å². The second-order valence-electron chi connectivity index (χ2n) is 4.91. The Morgan fingerprint density at radius 3 is 2.82 bits per heavy atom. The average Bonchev–Trinajstić information content (AvgIpc) is 2.66. The second kappa shape index (κ2) is 6.42. The highest BCUT2D eigenvalue weighted by atomic mass is 32.2. The fourth-order valence-corrected chi connectivity index (χ4v) is 2.31. The normalized spacial score (nSPS) is 15.2. The van der Waals surface area contributed by atoms with Gasteiger partial charge in [0.1, 0.15) is 0 Å². The maximum absolute atomic E-state index is 9.98. The van der Waals surface area contributed by atoms with Crippen molar-refractivity contribution in [1.82, 2.24) is 15.1 Å². The lowest BCUT2D eigenvalue weighted by atomic mass is 10.1. The molecule has 5 heteroatoms. The maximum atomic E-state index is 9.98. The molecular formula is C12H23N3OS. The topological polar surface area (TPSA) is 50.1 Å². The van der Waals surface area contributed by atoms with Crippen molar-refractivity contribution in [1.29, 1.82) is 0 Å². The molecule has 0 bridgehead atoms. The molecule has 4 nitrogen and oxygen atoms in total. The summed E-state index contributed by atoms with van der Waals surface area (Å²) in [6, 6.07) is 2.40. The highest BCUT2D eigenvalue weighted by molar-refractivity contribution is 7.98. The van der Waals surface area contributed by atoms with E-state index in [0.717, 1.165) is 11.4 Å². The number of aromatic nitrogens is 2. The molecule has 0 fully saturated rings. The molecule has 0 spiro atoms. The zero-order chi connectivity index (χ0) is 12.9. The minimum Gasteiger partial charge on any atom is -0.388 e. The molecule has 2 N–H and O–H groups in total. The van der Waals surface area contributed by atoms with E-state index in [0.29, 0.717) is 19.1 Å². The quantitative estimate of drug-likeness (QED) is 0.780. The van der Waals surface area contributed by atoms with Gasteiger partial charge in [0.25, 0.3) is 0 Å². The van der Waals surface area contributed by atoms with Gasteiger partial charge in [0, 0.05) is 31.1 Å². The van der Waals surface area contributed by atoms with Gasteiger partial charge in [0.05, 0.1) is 11.3 Å². The van der Waals surface area contributed by atoms with Gasteiger partial charge in [-0.05, 0) is 33.1 Å². The van der Waals surface area contributed by atoms with Gasteiger partial charge in [-0.25, -0.2) is 0 Å². The Bertz CT molecular complexity index is 336. The first-order valence-corrected chi connectivity index (χ1v) is 7.30. The van der Waals surface area contributed by atoms with Gasteiger partial charge in [-0.2, -0.15) is 16.9 Å². The third-order valence-corrected chi connectivity index (χ3v) is 3.37. The molecule has 0 saturated carbocycles. The molecule has 0 amide bonds. The Morgan fingerprint density at radius 2 is 2.29 bits per heavy atom. The van der Waals surface area contributed by atoms with Gasteiger partial charge in [-0.15, -0.1) is 0 Å². The van der Waals surface area contributed by atoms with Crippen LogP contribution in [0.4, 0.5) is 0 Å². The largest absolute Gasteiger partial charge is 0.388 e. The Balaban J connectivity index is 2.35. The Morgan fingerprint density at radius 1 is 1.59 bits per heavy atom. The van der Waals surface area contributed by atoms with Crippen LogP contribution in [0.15, 0.2) is 12.3 Å². The summed E-state index contributed by atoms with van der Waals surface area (Å²) in [5.74, 6) is 0.737. The van der Waals surface area contributed by atoms with Crippen LogP contribution in [0.5, 0.6) is 0 Å². The van der Waals surface area contributed by atoms with Crippen LogP contribution in [0.3, 0.4) is 0 Å². The molecule has 0 radical (unpaired) electrons. The standard InChI is InChI=1S/C12H23N3OS/c1-10(2)15-6-5-11(14-15)7-13-8-12(3,16)9-17-4/h5-6,10,13,16H,7-9H2,1-4H3. The lowest BCUT2D eigenvalue weighted by Crippen LogP contribution is -2.39. The van der Waals surface area contributed by atoms with E-state index in [1.807, 2.05) is 30.1 Å². The van der Waals surface area contributed by atoms with E-state index in [4.69, 9.17) is 0 Å². The fraction of sp³-hybridized carbons (Fsp3) is 0.750. The molecule has 0 aliphatic carbocycles. The summed E-state index contributed by atoms with van der Waals surface area (Å²) in [7, 11) is 0. The predicted octanol–water partition coefficient (Wildman–Crippen LogP) is 1.67. The minimum atomic E-state index is -0.653. The van der Waals surface area contributed by atoms with E-state index in [9.17, 15) is 5.11 Å². The average molecular weight is 257 g/mol. The van der Waals surface area contributed by atoms with Crippen LogP contribution >= 0.6 is 11.8 Å². The second-order valence-corrected chi connectivity index (χ2v) is 5.78. The smallest absolute Gasteiger partial charge is 0.0833 e. The molecule has 0 aliphatic heterocycles. The lowest BCUT2D eigenvalue weighted by Gasteiger charge is -2.22. The number of thioether (sulfide) groups is 1. The van der Waals surface area contributed by atoms with E-state index >= 15 is 0 Å². The summed E-state index contributed by atoms with van der Waals surface area (Å²) in [5, 5.41) is 17.7. The molecule has 1 aromatic heterocycles. The third kappa shape index (κ3) is 5.10. The first-order chi connectivity index (χ1) is 7.94. The van der Waals surface area contributed by atoms with Crippen molar-refractivity contribution in [2.45, 2.75) is 39.0 Å². The van der Waals surface area contributed by atoms with Crippen molar-refractivity contribution in [3.05, 3.63) is 18.0 Å². The zero-order valence-electron chi connectivity index (χ0n) is 11.1. The molecule has 98 valence electrons. The predicted molar refractivity (Wildman–Crippen MR) is 73.3 cm³/mol. The van der Waals surface area contributed by atoms with E-state index in [1.54, 1.807) is 11.8 Å². The summed E-state index contributed by atoms with van der Waals surface area (Å²) >= 11 is 1.65. The van der Waals surface area contributed by atoms with Crippen molar-refractivity contribution in [2.24, 2.45) is 0 Å². The van der Waals surface area contributed by atoms with Crippen LogP contribution in [0.25, 0.3) is 0 Å². The summed E-state index contributed by atoms with van der Waals surface area (Å²) in [4.78, 5) is 0. The molecule has 1 rings (SSSR count). The van der Waals surface area contributed by atoms with E-state index < -0.39 is 5.60 Å². The van der Waals surface area contributed by atoms with Crippen LogP contribution < -0.4 is 5.32 Å². The van der Waals surface area contributed by atoms with Crippen molar-refractivity contribution in [2.75, 3.05) is 18.6 Å². The highest BCUT2D eigenvalue weighted by Gasteiger charge is 2.18. The number of hydrogen-bond donors (Lipinski definition) is 2. The van der Waals surface area contributed by atoms with Crippen molar-refractivity contribution < 1.29 is 5.11 Å². The monoisotopic (exact) mass is 257 g/mol. The van der Waals surface area contributed by atoms with Crippen molar-refractivity contribution in [3.63, 3.8) is 0 Å². The summed E-state index contributed by atoms with van der Waals surface area (Å²) < 4.78 is 1.94. The Kier molecular flexibility index (Phi) is 5.49. The van der Waals surface area contributed by atoms with Gasteiger partial charge < -0.3 is 10.4 Å². The minimum absolute atomic E-state index is 0.392. The van der Waals surface area contributed by atoms with Gasteiger partial charge in [-0.1, -0.05) is 0 Å². The molecule has 0 saturated heterocycles. The van der Waals surface area contributed by atoms with Crippen LogP contribution in [0.2, 0.25) is 0 Å². The molecule has 1 unspecified atom stereocenters. The molecule has 1 aromatic rings. The van der Waals surface area contributed by atoms with Crippen LogP contribution in [-0.4, -0.2) is 39.0 Å². The van der Waals surface area contributed by atoms with Gasteiger partial charge in [-0.3, -0.25) is 4.68 Å². The number of rotatable bonds is 7. The van der Waals surface area contributed by atoms with Gasteiger partial charge in [0.15, 0.2) is 0 Å². The Labute approximate surface area is 108 Å². The van der Waals surface area contributed by atoms with E-state index in [2.05, 4.69) is 24.3 Å². The maximum Gasteiger partial charge on any atom is 0.0833 e. The number of aliphatic hydroxyl groups is 1. The molecule has 1 atom stereocenters. The summed E-state index contributed by atoms with van der Waals surface area (Å²) in [5.41, 5.74) is 0.360. The summed E-state index contributed by atoms with van der Waals surface area (Å²) in [6.07, 6.45) is 3.99. The van der Waals surface area contributed by atoms with Gasteiger partial charge >= 0.3 is 0 Å². The lowest BCUT2D eigenvalue weighted by molar-refractivity contribution is 0.0845. The fourth-order valence-electron chi connectivity index (χ4n) is 1.58. The van der Waals surface area contributed by atoms with Crippen molar-refractivity contribution in [3.8, 4) is 0 Å². The van der Waals surface area contributed by atoms with Crippen LogP contribution in [0.1, 0.15) is 32.5 Å². The SMILES string of the molecule is CSCC(C)(O)CNCc1ccn(C(C)C)n1. The molecule has 0 aromatic carbocycles. The summed E-state index contributed by atoms with van der Waals surface area (Å²) in [6.45, 7) is 7.34. The molecule has 1 heterocycles. The Hall–Kier alpha value is -0.520. The third-order valence-electron chi connectivity index (χ3n) is 2.46. The first-order valence-electron chi connectivity index (χ1n) is 5.91. The van der Waals surface area contributed by atoms with Crippen LogP contribution in [-0.2, 0) is 6.54 Å².